The molecule has 1 atom stereocenters. The first kappa shape index (κ1) is 15.9. The highest BCUT2D eigenvalue weighted by Crippen LogP contribution is 2.02. The Balaban J connectivity index is 2.43. The van der Waals surface area contributed by atoms with Crippen molar-refractivity contribution in [3.8, 4) is 0 Å². The maximum absolute atomic E-state index is 11.6. The maximum atomic E-state index is 11.6. The largest absolute Gasteiger partial charge is 0.467 e. The molecule has 1 amide bonds. The van der Waals surface area contributed by atoms with Crippen molar-refractivity contribution in [2.45, 2.75) is 19.1 Å². The second-order valence-electron chi connectivity index (χ2n) is 3.94. The number of benzene rings is 1. The Hall–Kier alpha value is -2.12. The molecule has 0 unspecified atom stereocenters. The van der Waals surface area contributed by atoms with E-state index >= 15 is 0 Å². The molecule has 0 heterocycles. The van der Waals surface area contributed by atoms with Crippen molar-refractivity contribution in [2.75, 3.05) is 13.7 Å². The third-order valence-electron chi connectivity index (χ3n) is 2.51. The third-order valence-corrected chi connectivity index (χ3v) is 2.51. The van der Waals surface area contributed by atoms with Crippen LogP contribution < -0.4 is 11.2 Å². The van der Waals surface area contributed by atoms with Crippen LogP contribution in [0.4, 0.5) is 4.79 Å². The molecule has 1 rings (SSSR count). The fourth-order valence-electron chi connectivity index (χ4n) is 1.48. The molecule has 20 heavy (non-hydrogen) atoms. The highest BCUT2D eigenvalue weighted by atomic mass is 16.6. The molecule has 1 aromatic rings. The third kappa shape index (κ3) is 5.68. The summed E-state index contributed by atoms with van der Waals surface area (Å²) in [4.78, 5) is 27.4. The van der Waals surface area contributed by atoms with E-state index in [1.165, 1.54) is 7.11 Å². The maximum Gasteiger partial charge on any atom is 0.408 e. The zero-order valence-corrected chi connectivity index (χ0v) is 11.2. The number of hydrogen-bond acceptors (Lipinski definition) is 6. The van der Waals surface area contributed by atoms with Crippen LogP contribution in [0.15, 0.2) is 30.3 Å². The highest BCUT2D eigenvalue weighted by molar-refractivity contribution is 5.81. The molecule has 0 saturated heterocycles. The molecule has 3 N–H and O–H groups in total. The Morgan fingerprint density at radius 2 is 2.00 bits per heavy atom. The van der Waals surface area contributed by atoms with E-state index in [-0.39, 0.29) is 19.6 Å². The van der Waals surface area contributed by atoms with E-state index < -0.39 is 18.1 Å². The summed E-state index contributed by atoms with van der Waals surface area (Å²) < 4.78 is 9.57. The van der Waals surface area contributed by atoms with Crippen molar-refractivity contribution in [3.63, 3.8) is 0 Å². The van der Waals surface area contributed by atoms with Crippen LogP contribution in [0.3, 0.4) is 0 Å². The number of ether oxygens (including phenoxy) is 2. The van der Waals surface area contributed by atoms with Gasteiger partial charge >= 0.3 is 12.1 Å². The highest BCUT2D eigenvalue weighted by Gasteiger charge is 2.21. The van der Waals surface area contributed by atoms with Gasteiger partial charge < -0.3 is 19.6 Å². The number of nitrogens with one attached hydrogen (secondary N) is 1. The molecule has 0 saturated carbocycles. The number of alkyl carbamates (subject to hydrolysis) is 1. The summed E-state index contributed by atoms with van der Waals surface area (Å²) in [5.74, 6) is 4.30. The standard InChI is InChI=1S/C13H18N2O5/c1-18-12(16)11(7-8-20-14)15-13(17)19-9-10-5-3-2-4-6-10/h2-6,11H,7-9,14H2,1H3,(H,15,17)/t11-/m1/s1. The summed E-state index contributed by atoms with van der Waals surface area (Å²) in [6.45, 7) is 0.229. The predicted molar refractivity (Wildman–Crippen MR) is 70.3 cm³/mol. The van der Waals surface area contributed by atoms with Gasteiger partial charge in [-0.25, -0.2) is 15.5 Å². The molecule has 0 aliphatic rings. The van der Waals surface area contributed by atoms with Crippen molar-refractivity contribution in [1.29, 1.82) is 0 Å². The lowest BCUT2D eigenvalue weighted by atomic mass is 10.2. The van der Waals surface area contributed by atoms with Crippen LogP contribution in [-0.4, -0.2) is 31.8 Å². The van der Waals surface area contributed by atoms with Gasteiger partial charge in [-0.1, -0.05) is 30.3 Å². The molecule has 0 radical (unpaired) electrons. The Morgan fingerprint density at radius 3 is 2.60 bits per heavy atom. The van der Waals surface area contributed by atoms with Crippen LogP contribution >= 0.6 is 0 Å². The lowest BCUT2D eigenvalue weighted by molar-refractivity contribution is -0.143. The SMILES string of the molecule is COC(=O)[C@@H](CCON)NC(=O)OCc1ccccc1. The second kappa shape index (κ2) is 8.89. The molecule has 0 aromatic heterocycles. The van der Waals surface area contributed by atoms with E-state index in [9.17, 15) is 9.59 Å². The number of carbonyl (C=O) groups is 2. The van der Waals surface area contributed by atoms with Crippen LogP contribution in [0.2, 0.25) is 0 Å². The van der Waals surface area contributed by atoms with Gasteiger partial charge in [-0.2, -0.15) is 0 Å². The lowest BCUT2D eigenvalue weighted by Crippen LogP contribution is -2.42. The van der Waals surface area contributed by atoms with Crippen molar-refractivity contribution >= 4 is 12.1 Å². The molecular formula is C13H18N2O5. The average Bonchev–Trinajstić information content (AvgIpc) is 2.49. The number of amides is 1. The van der Waals surface area contributed by atoms with Gasteiger partial charge in [0.05, 0.1) is 13.7 Å². The minimum absolute atomic E-state index is 0.110. The molecule has 0 aliphatic carbocycles. The fourth-order valence-corrected chi connectivity index (χ4v) is 1.48. The number of methoxy groups -OCH3 is 1. The van der Waals surface area contributed by atoms with Gasteiger partial charge in [0, 0.05) is 6.42 Å². The van der Waals surface area contributed by atoms with Crippen molar-refractivity contribution in [3.05, 3.63) is 35.9 Å². The van der Waals surface area contributed by atoms with Crippen molar-refractivity contribution < 1.29 is 23.9 Å². The van der Waals surface area contributed by atoms with Gasteiger partial charge in [0.15, 0.2) is 0 Å². The van der Waals surface area contributed by atoms with Crippen LogP contribution in [0, 0.1) is 0 Å². The monoisotopic (exact) mass is 282 g/mol. The molecule has 7 nitrogen and oxygen atoms in total. The van der Waals surface area contributed by atoms with Crippen molar-refractivity contribution in [1.82, 2.24) is 5.32 Å². The van der Waals surface area contributed by atoms with E-state index in [2.05, 4.69) is 14.9 Å². The first-order chi connectivity index (χ1) is 9.67. The Bertz CT molecular complexity index is 424. The predicted octanol–water partition coefficient (Wildman–Crippen LogP) is 0.735. The minimum Gasteiger partial charge on any atom is -0.467 e. The molecule has 0 aliphatic heterocycles. The summed E-state index contributed by atoms with van der Waals surface area (Å²) in [7, 11) is 1.23. The summed E-state index contributed by atoms with van der Waals surface area (Å²) in [5, 5.41) is 2.40. The number of rotatable bonds is 7. The average molecular weight is 282 g/mol. The smallest absolute Gasteiger partial charge is 0.408 e. The lowest BCUT2D eigenvalue weighted by Gasteiger charge is -2.15. The number of hydrogen-bond donors (Lipinski definition) is 2. The first-order valence-electron chi connectivity index (χ1n) is 6.04. The fraction of sp³-hybridized carbons (Fsp3) is 0.385. The molecule has 0 bridgehead atoms. The molecule has 7 heteroatoms. The van der Waals surface area contributed by atoms with E-state index in [1.807, 2.05) is 30.3 Å². The Labute approximate surface area is 116 Å². The van der Waals surface area contributed by atoms with Gasteiger partial charge in [0.25, 0.3) is 0 Å². The van der Waals surface area contributed by atoms with E-state index in [4.69, 9.17) is 10.6 Å². The zero-order valence-electron chi connectivity index (χ0n) is 11.2. The summed E-state index contributed by atoms with van der Waals surface area (Å²) in [6.07, 6.45) is -0.509. The van der Waals surface area contributed by atoms with Gasteiger partial charge in [-0.3, -0.25) is 0 Å². The molecular weight excluding hydrogens is 264 g/mol. The van der Waals surface area contributed by atoms with Gasteiger partial charge in [-0.15, -0.1) is 0 Å². The normalized spacial score (nSPS) is 11.5. The topological polar surface area (TPSA) is 99.9 Å². The summed E-state index contributed by atoms with van der Waals surface area (Å²) in [5.41, 5.74) is 0.850. The second-order valence-corrected chi connectivity index (χ2v) is 3.94. The summed E-state index contributed by atoms with van der Waals surface area (Å²) in [6, 6.07) is 8.34. The van der Waals surface area contributed by atoms with E-state index in [1.54, 1.807) is 0 Å². The minimum atomic E-state index is -0.855. The van der Waals surface area contributed by atoms with Crippen LogP contribution in [0.5, 0.6) is 0 Å². The molecule has 0 fully saturated rings. The van der Waals surface area contributed by atoms with Crippen LogP contribution in [-0.2, 0) is 25.7 Å². The van der Waals surface area contributed by atoms with Crippen LogP contribution in [0.25, 0.3) is 0 Å². The number of nitrogens with two attached hydrogens (primary N) is 1. The van der Waals surface area contributed by atoms with E-state index in [0.717, 1.165) is 5.56 Å². The Morgan fingerprint density at radius 1 is 1.30 bits per heavy atom. The van der Waals surface area contributed by atoms with E-state index in [0.29, 0.717) is 0 Å². The first-order valence-corrected chi connectivity index (χ1v) is 6.04. The number of esters is 1. The molecule has 110 valence electrons. The van der Waals surface area contributed by atoms with Gasteiger partial charge in [-0.05, 0) is 5.56 Å². The van der Waals surface area contributed by atoms with Crippen LogP contribution in [0.1, 0.15) is 12.0 Å². The Kier molecular flexibility index (Phi) is 7.08. The molecule has 1 aromatic carbocycles. The quantitative estimate of drug-likeness (QED) is 0.565. The van der Waals surface area contributed by atoms with Crippen molar-refractivity contribution in [2.24, 2.45) is 5.90 Å². The van der Waals surface area contributed by atoms with Gasteiger partial charge in [0.2, 0.25) is 0 Å². The summed E-state index contributed by atoms with van der Waals surface area (Å²) >= 11 is 0. The van der Waals surface area contributed by atoms with Gasteiger partial charge in [0.1, 0.15) is 12.6 Å². The molecule has 0 spiro atoms. The number of carbonyl (C=O) groups excluding carboxylic acids is 2. The zero-order chi connectivity index (χ0) is 14.8.